The molecule has 1 amide bonds. The van der Waals surface area contributed by atoms with E-state index in [9.17, 15) is 14.0 Å². The second-order valence-electron chi connectivity index (χ2n) is 7.12. The summed E-state index contributed by atoms with van der Waals surface area (Å²) in [5.74, 6) is -1.39. The van der Waals surface area contributed by atoms with Crippen molar-refractivity contribution in [3.8, 4) is 0 Å². The summed E-state index contributed by atoms with van der Waals surface area (Å²) in [6, 6.07) is 18.2. The van der Waals surface area contributed by atoms with Crippen LogP contribution in [0.25, 0.3) is 11.1 Å². The highest BCUT2D eigenvalue weighted by atomic mass is 19.1. The van der Waals surface area contributed by atoms with Gasteiger partial charge in [0.2, 0.25) is 0 Å². The maximum Gasteiger partial charge on any atom is 0.328 e. The van der Waals surface area contributed by atoms with E-state index in [0.29, 0.717) is 16.7 Å². The van der Waals surface area contributed by atoms with Gasteiger partial charge in [-0.1, -0.05) is 48.5 Å². The second kappa shape index (κ2) is 8.87. The summed E-state index contributed by atoms with van der Waals surface area (Å²) in [7, 11) is 1.28. The fourth-order valence-corrected chi connectivity index (χ4v) is 3.55. The molecule has 1 atom stereocenters. The highest BCUT2D eigenvalue weighted by Crippen LogP contribution is 2.23. The first-order chi connectivity index (χ1) is 15.1. The molecule has 2 aromatic heterocycles. The largest absolute Gasteiger partial charge is 0.467 e. The molecule has 0 bridgehead atoms. The third-order valence-corrected chi connectivity index (χ3v) is 5.12. The van der Waals surface area contributed by atoms with E-state index in [0.717, 1.165) is 5.56 Å². The van der Waals surface area contributed by atoms with E-state index in [-0.39, 0.29) is 24.5 Å². The minimum atomic E-state index is -0.872. The Hall–Kier alpha value is -3.87. The number of nitrogens with zero attached hydrogens (tertiary/aromatic N) is 1. The predicted molar refractivity (Wildman–Crippen MR) is 113 cm³/mol. The zero-order valence-corrected chi connectivity index (χ0v) is 16.9. The molecule has 2 aromatic carbocycles. The molecule has 0 aliphatic rings. The number of ether oxygens (including phenoxy) is 1. The van der Waals surface area contributed by atoms with Crippen LogP contribution in [0.15, 0.2) is 77.4 Å². The molecule has 0 fully saturated rings. The van der Waals surface area contributed by atoms with Gasteiger partial charge in [0.05, 0.1) is 25.4 Å². The first-order valence-corrected chi connectivity index (χ1v) is 9.79. The van der Waals surface area contributed by atoms with Gasteiger partial charge in [-0.05, 0) is 11.6 Å². The van der Waals surface area contributed by atoms with E-state index in [1.165, 1.54) is 19.4 Å². The molecule has 6 nitrogen and oxygen atoms in total. The molecule has 0 aliphatic carbocycles. The van der Waals surface area contributed by atoms with Gasteiger partial charge in [-0.3, -0.25) is 4.79 Å². The molecular weight excluding hydrogens is 399 g/mol. The zero-order valence-electron chi connectivity index (χ0n) is 16.9. The number of carbonyl (C=O) groups is 2. The summed E-state index contributed by atoms with van der Waals surface area (Å²) in [4.78, 5) is 25.5. The summed E-state index contributed by atoms with van der Waals surface area (Å²) >= 11 is 0. The number of methoxy groups -OCH3 is 1. The Morgan fingerprint density at radius 3 is 2.58 bits per heavy atom. The Labute approximate surface area is 178 Å². The summed E-state index contributed by atoms with van der Waals surface area (Å²) in [5.41, 5.74) is 2.74. The molecule has 4 aromatic rings. The molecule has 0 unspecified atom stereocenters. The van der Waals surface area contributed by atoms with Crippen molar-refractivity contribution in [3.05, 3.63) is 95.6 Å². The van der Waals surface area contributed by atoms with Crippen LogP contribution in [-0.2, 0) is 22.5 Å². The highest BCUT2D eigenvalue weighted by molar-refractivity contribution is 5.99. The lowest BCUT2D eigenvalue weighted by Gasteiger charge is -2.18. The molecule has 0 saturated carbocycles. The Morgan fingerprint density at radius 2 is 1.84 bits per heavy atom. The summed E-state index contributed by atoms with van der Waals surface area (Å²) in [6.45, 7) is 0.139. The average Bonchev–Trinajstić information content (AvgIpc) is 3.37. The first kappa shape index (κ1) is 20.4. The number of esters is 1. The van der Waals surface area contributed by atoms with Crippen molar-refractivity contribution in [1.29, 1.82) is 0 Å². The van der Waals surface area contributed by atoms with Gasteiger partial charge in [0, 0.05) is 24.1 Å². The lowest BCUT2D eigenvalue weighted by Crippen LogP contribution is -2.43. The van der Waals surface area contributed by atoms with Gasteiger partial charge in [0.15, 0.2) is 5.58 Å². The maximum absolute atomic E-state index is 14.2. The van der Waals surface area contributed by atoms with E-state index in [1.54, 1.807) is 34.9 Å². The summed E-state index contributed by atoms with van der Waals surface area (Å²) < 4.78 is 26.2. The average molecular weight is 420 g/mol. The van der Waals surface area contributed by atoms with Gasteiger partial charge < -0.3 is 19.0 Å². The van der Waals surface area contributed by atoms with Crippen molar-refractivity contribution in [2.75, 3.05) is 7.11 Å². The third-order valence-electron chi connectivity index (χ3n) is 5.12. The highest BCUT2D eigenvalue weighted by Gasteiger charge is 2.25. The van der Waals surface area contributed by atoms with Crippen molar-refractivity contribution in [2.24, 2.45) is 0 Å². The molecule has 0 aliphatic heterocycles. The molecule has 2 heterocycles. The van der Waals surface area contributed by atoms with Crippen LogP contribution >= 0.6 is 0 Å². The van der Waals surface area contributed by atoms with Gasteiger partial charge in [-0.25, -0.2) is 9.18 Å². The van der Waals surface area contributed by atoms with Crippen LogP contribution in [0.2, 0.25) is 0 Å². The smallest absolute Gasteiger partial charge is 0.328 e. The van der Waals surface area contributed by atoms with E-state index in [1.807, 2.05) is 30.3 Å². The first-order valence-electron chi connectivity index (χ1n) is 9.79. The minimum Gasteiger partial charge on any atom is -0.467 e. The normalized spacial score (nSPS) is 11.9. The van der Waals surface area contributed by atoms with Crippen LogP contribution in [0.3, 0.4) is 0 Å². The van der Waals surface area contributed by atoms with Gasteiger partial charge in [0.1, 0.15) is 17.6 Å². The van der Waals surface area contributed by atoms with Gasteiger partial charge in [-0.2, -0.15) is 0 Å². The predicted octanol–water partition coefficient (Wildman–Crippen LogP) is 3.94. The minimum absolute atomic E-state index is 0.139. The van der Waals surface area contributed by atoms with Crippen LogP contribution < -0.4 is 5.32 Å². The molecule has 7 heteroatoms. The number of benzene rings is 2. The fraction of sp³-hybridized carbons (Fsp3) is 0.167. The monoisotopic (exact) mass is 420 g/mol. The summed E-state index contributed by atoms with van der Waals surface area (Å²) in [6.07, 6.45) is 1.79. The van der Waals surface area contributed by atoms with E-state index < -0.39 is 17.9 Å². The van der Waals surface area contributed by atoms with E-state index in [4.69, 9.17) is 9.15 Å². The standard InChI is InChI=1S/C24H21FN2O4/c1-30-24(29)19(13-16-7-3-2-4-8-16)26-23(28)21-14-22-20(11-12-31-22)27(21)15-17-9-5-6-10-18(17)25/h2-12,14,19H,13,15H2,1H3,(H,26,28)/t19-/m0/s1. The van der Waals surface area contributed by atoms with Crippen molar-refractivity contribution in [2.45, 2.75) is 19.0 Å². The number of rotatable bonds is 7. The van der Waals surface area contributed by atoms with Crippen molar-refractivity contribution < 1.29 is 23.1 Å². The molecule has 31 heavy (non-hydrogen) atoms. The Balaban J connectivity index is 1.64. The Kier molecular flexibility index (Phi) is 5.84. The number of halogens is 1. The van der Waals surface area contributed by atoms with Crippen LogP contribution in [0.5, 0.6) is 0 Å². The van der Waals surface area contributed by atoms with Crippen LogP contribution in [0, 0.1) is 5.82 Å². The number of fused-ring (bicyclic) bond motifs is 1. The van der Waals surface area contributed by atoms with Crippen LogP contribution in [0.1, 0.15) is 21.6 Å². The number of hydrogen-bond donors (Lipinski definition) is 1. The second-order valence-corrected chi connectivity index (χ2v) is 7.12. The molecule has 158 valence electrons. The van der Waals surface area contributed by atoms with Gasteiger partial charge in [0.25, 0.3) is 5.91 Å². The quantitative estimate of drug-likeness (QED) is 0.460. The molecule has 0 spiro atoms. The van der Waals surface area contributed by atoms with Crippen LogP contribution in [-0.4, -0.2) is 29.6 Å². The maximum atomic E-state index is 14.2. The number of amides is 1. The van der Waals surface area contributed by atoms with Gasteiger partial charge in [-0.15, -0.1) is 0 Å². The zero-order chi connectivity index (χ0) is 21.8. The van der Waals surface area contributed by atoms with Crippen LogP contribution in [0.4, 0.5) is 4.39 Å². The fourth-order valence-electron chi connectivity index (χ4n) is 3.55. The van der Waals surface area contributed by atoms with Crippen molar-refractivity contribution in [1.82, 2.24) is 9.88 Å². The Morgan fingerprint density at radius 1 is 1.10 bits per heavy atom. The molecular formula is C24H21FN2O4. The van der Waals surface area contributed by atoms with Crippen molar-refractivity contribution >= 4 is 23.0 Å². The molecule has 0 radical (unpaired) electrons. The molecule has 4 rings (SSSR count). The Bertz CT molecular complexity index is 1210. The number of aromatic nitrogens is 1. The third kappa shape index (κ3) is 4.35. The van der Waals surface area contributed by atoms with E-state index >= 15 is 0 Å². The van der Waals surface area contributed by atoms with Crippen molar-refractivity contribution in [3.63, 3.8) is 0 Å². The number of carbonyl (C=O) groups excluding carboxylic acids is 2. The molecule has 1 N–H and O–H groups in total. The van der Waals surface area contributed by atoms with E-state index in [2.05, 4.69) is 5.32 Å². The number of hydrogen-bond acceptors (Lipinski definition) is 4. The number of nitrogens with one attached hydrogen (secondary N) is 1. The SMILES string of the molecule is COC(=O)[C@H](Cc1ccccc1)NC(=O)c1cc2occc2n1Cc1ccccc1F. The summed E-state index contributed by atoms with van der Waals surface area (Å²) in [5, 5.41) is 2.75. The lowest BCUT2D eigenvalue weighted by atomic mass is 10.1. The molecule has 0 saturated heterocycles. The van der Waals surface area contributed by atoms with Gasteiger partial charge >= 0.3 is 5.97 Å². The number of furan rings is 1. The topological polar surface area (TPSA) is 73.5 Å². The lowest BCUT2D eigenvalue weighted by molar-refractivity contribution is -0.142.